The molecule has 0 aliphatic rings. The summed E-state index contributed by atoms with van der Waals surface area (Å²) in [4.78, 5) is 34.5. The van der Waals surface area contributed by atoms with Crippen molar-refractivity contribution in [3.63, 3.8) is 0 Å². The molecule has 0 saturated carbocycles. The van der Waals surface area contributed by atoms with Crippen LogP contribution in [0.1, 0.15) is 12.5 Å². The molecule has 140 valence electrons. The highest BCUT2D eigenvalue weighted by Crippen LogP contribution is 2.15. The third-order valence-corrected chi connectivity index (χ3v) is 4.71. The lowest BCUT2D eigenvalue weighted by Gasteiger charge is -2.07. The van der Waals surface area contributed by atoms with E-state index in [1.54, 1.807) is 30.3 Å². The standard InChI is InChI=1S/C18H16N2O6S/c1-12(21)20-27(25,26)15-9-7-14(8-10-15)19-18(24)17(23)11-16(22)13-5-3-2-4-6-13/h2-11,22H,1H3,(H,19,24)(H,20,21)/b16-11-. The maximum absolute atomic E-state index is 11.9. The van der Waals surface area contributed by atoms with Crippen LogP contribution >= 0.6 is 0 Å². The Hall–Kier alpha value is -3.46. The Labute approximate surface area is 155 Å². The van der Waals surface area contributed by atoms with Gasteiger partial charge in [0.05, 0.1) is 4.90 Å². The largest absolute Gasteiger partial charge is 0.507 e. The predicted octanol–water partition coefficient (Wildman–Crippen LogP) is 1.62. The van der Waals surface area contributed by atoms with Crippen LogP contribution in [0.4, 0.5) is 5.69 Å². The molecule has 2 aromatic carbocycles. The van der Waals surface area contributed by atoms with Crippen molar-refractivity contribution in [3.8, 4) is 0 Å². The third kappa shape index (κ3) is 5.51. The number of carbonyl (C=O) groups excluding carboxylic acids is 3. The van der Waals surface area contributed by atoms with E-state index in [-0.39, 0.29) is 16.3 Å². The molecule has 0 unspecified atom stereocenters. The third-order valence-electron chi connectivity index (χ3n) is 3.26. The molecule has 0 heterocycles. The van der Waals surface area contributed by atoms with Crippen molar-refractivity contribution >= 4 is 39.1 Å². The predicted molar refractivity (Wildman–Crippen MR) is 98.1 cm³/mol. The van der Waals surface area contributed by atoms with Crippen LogP contribution in [0.25, 0.3) is 5.76 Å². The van der Waals surface area contributed by atoms with Crippen molar-refractivity contribution < 1.29 is 27.9 Å². The van der Waals surface area contributed by atoms with E-state index in [9.17, 15) is 27.9 Å². The summed E-state index contributed by atoms with van der Waals surface area (Å²) in [6.07, 6.45) is 0.792. The first-order chi connectivity index (χ1) is 12.7. The zero-order valence-corrected chi connectivity index (χ0v) is 15.0. The van der Waals surface area contributed by atoms with Gasteiger partial charge in [0.25, 0.3) is 15.9 Å². The van der Waals surface area contributed by atoms with Crippen LogP contribution < -0.4 is 10.0 Å². The molecule has 9 heteroatoms. The lowest BCUT2D eigenvalue weighted by atomic mass is 10.1. The van der Waals surface area contributed by atoms with Gasteiger partial charge in [-0.05, 0) is 24.3 Å². The highest BCUT2D eigenvalue weighted by Gasteiger charge is 2.17. The summed E-state index contributed by atoms with van der Waals surface area (Å²) in [6.45, 7) is 1.07. The maximum Gasteiger partial charge on any atom is 0.296 e. The topological polar surface area (TPSA) is 130 Å². The minimum absolute atomic E-state index is 0.169. The minimum atomic E-state index is -3.99. The SMILES string of the molecule is CC(=O)NS(=O)(=O)c1ccc(NC(=O)C(=O)/C=C(\O)c2ccccc2)cc1. The van der Waals surface area contributed by atoms with E-state index >= 15 is 0 Å². The molecule has 0 fully saturated rings. The molecule has 0 radical (unpaired) electrons. The summed E-state index contributed by atoms with van der Waals surface area (Å²) >= 11 is 0. The quantitative estimate of drug-likeness (QED) is 0.392. The van der Waals surface area contributed by atoms with Gasteiger partial charge in [-0.2, -0.15) is 0 Å². The van der Waals surface area contributed by atoms with E-state index < -0.39 is 27.6 Å². The van der Waals surface area contributed by atoms with Gasteiger partial charge in [0.2, 0.25) is 11.7 Å². The average Bonchev–Trinajstić information content (AvgIpc) is 2.61. The first-order valence-electron chi connectivity index (χ1n) is 7.64. The molecule has 0 saturated heterocycles. The summed E-state index contributed by atoms with van der Waals surface area (Å²) in [5.41, 5.74) is 0.550. The Morgan fingerprint density at radius 2 is 1.56 bits per heavy atom. The van der Waals surface area contributed by atoms with Gasteiger partial charge in [0.1, 0.15) is 5.76 Å². The molecule has 0 aliphatic carbocycles. The Morgan fingerprint density at radius 1 is 0.963 bits per heavy atom. The average molecular weight is 388 g/mol. The molecule has 0 aromatic heterocycles. The van der Waals surface area contributed by atoms with Gasteiger partial charge in [0, 0.05) is 24.3 Å². The Kier molecular flexibility index (Phi) is 6.09. The molecule has 2 amide bonds. The zero-order valence-electron chi connectivity index (χ0n) is 14.2. The number of hydrogen-bond acceptors (Lipinski definition) is 6. The first-order valence-corrected chi connectivity index (χ1v) is 9.12. The number of rotatable bonds is 6. The van der Waals surface area contributed by atoms with Crippen LogP contribution in [0, 0.1) is 0 Å². The number of nitrogens with one attached hydrogen (secondary N) is 2. The van der Waals surface area contributed by atoms with Crippen LogP contribution in [0.3, 0.4) is 0 Å². The second-order valence-corrected chi connectivity index (χ2v) is 7.08. The number of benzene rings is 2. The fraction of sp³-hybridized carbons (Fsp3) is 0.0556. The molecule has 27 heavy (non-hydrogen) atoms. The van der Waals surface area contributed by atoms with Crippen LogP contribution in [0.2, 0.25) is 0 Å². The van der Waals surface area contributed by atoms with Gasteiger partial charge < -0.3 is 10.4 Å². The molecule has 0 aliphatic heterocycles. The number of amides is 2. The minimum Gasteiger partial charge on any atom is -0.507 e. The summed E-state index contributed by atoms with van der Waals surface area (Å²) in [6, 6.07) is 13.1. The number of hydrogen-bond donors (Lipinski definition) is 3. The summed E-state index contributed by atoms with van der Waals surface area (Å²) < 4.78 is 25.5. The molecule has 0 spiro atoms. The van der Waals surface area contributed by atoms with Crippen molar-refractivity contribution in [2.24, 2.45) is 0 Å². The van der Waals surface area contributed by atoms with Crippen LogP contribution in [0.5, 0.6) is 0 Å². The Balaban J connectivity index is 2.07. The number of aliphatic hydroxyl groups is 1. The molecule has 3 N–H and O–H groups in total. The fourth-order valence-corrected chi connectivity index (χ4v) is 3.03. The zero-order chi connectivity index (χ0) is 20.0. The molecule has 2 rings (SSSR count). The van der Waals surface area contributed by atoms with Gasteiger partial charge in [-0.3, -0.25) is 14.4 Å². The second kappa shape index (κ2) is 8.28. The first kappa shape index (κ1) is 19.9. The number of sulfonamides is 1. The smallest absolute Gasteiger partial charge is 0.296 e. The molecule has 0 bridgehead atoms. The molecule has 8 nitrogen and oxygen atoms in total. The Morgan fingerprint density at radius 3 is 2.11 bits per heavy atom. The molecule has 2 aromatic rings. The fourth-order valence-electron chi connectivity index (χ4n) is 2.04. The number of carbonyl (C=O) groups is 3. The lowest BCUT2D eigenvalue weighted by Crippen LogP contribution is -2.28. The number of aliphatic hydroxyl groups excluding tert-OH is 1. The van der Waals surface area contributed by atoms with Gasteiger partial charge in [-0.1, -0.05) is 30.3 Å². The summed E-state index contributed by atoms with van der Waals surface area (Å²) in [5.74, 6) is -3.07. The highest BCUT2D eigenvalue weighted by atomic mass is 32.2. The molecular weight excluding hydrogens is 372 g/mol. The molecule has 0 atom stereocenters. The van der Waals surface area contributed by atoms with Crippen LogP contribution in [0.15, 0.2) is 65.6 Å². The van der Waals surface area contributed by atoms with E-state index in [4.69, 9.17) is 0 Å². The monoisotopic (exact) mass is 388 g/mol. The Bertz CT molecular complexity index is 996. The van der Waals surface area contributed by atoms with Gasteiger partial charge in [-0.25, -0.2) is 13.1 Å². The van der Waals surface area contributed by atoms with Gasteiger partial charge in [-0.15, -0.1) is 0 Å². The molecular formula is C18H16N2O6S. The van der Waals surface area contributed by atoms with Gasteiger partial charge >= 0.3 is 0 Å². The summed E-state index contributed by atoms with van der Waals surface area (Å²) in [7, 11) is -3.99. The normalized spacial score (nSPS) is 11.5. The lowest BCUT2D eigenvalue weighted by molar-refractivity contribution is -0.131. The van der Waals surface area contributed by atoms with E-state index in [2.05, 4.69) is 5.32 Å². The number of anilines is 1. The van der Waals surface area contributed by atoms with Crippen molar-refractivity contribution in [1.29, 1.82) is 0 Å². The highest BCUT2D eigenvalue weighted by molar-refractivity contribution is 7.90. The van der Waals surface area contributed by atoms with E-state index in [0.29, 0.717) is 5.56 Å². The van der Waals surface area contributed by atoms with E-state index in [0.717, 1.165) is 13.0 Å². The second-order valence-electron chi connectivity index (χ2n) is 5.40. The van der Waals surface area contributed by atoms with Crippen molar-refractivity contribution in [1.82, 2.24) is 4.72 Å². The van der Waals surface area contributed by atoms with Crippen molar-refractivity contribution in [3.05, 3.63) is 66.2 Å². The van der Waals surface area contributed by atoms with Gasteiger partial charge in [0.15, 0.2) is 0 Å². The van der Waals surface area contributed by atoms with E-state index in [1.165, 1.54) is 24.3 Å². The van der Waals surface area contributed by atoms with Crippen LogP contribution in [-0.2, 0) is 24.4 Å². The van der Waals surface area contributed by atoms with Crippen molar-refractivity contribution in [2.45, 2.75) is 11.8 Å². The maximum atomic E-state index is 11.9. The van der Waals surface area contributed by atoms with Crippen LogP contribution in [-0.4, -0.2) is 31.1 Å². The van der Waals surface area contributed by atoms with E-state index in [1.807, 2.05) is 4.72 Å². The number of ketones is 1. The van der Waals surface area contributed by atoms with Crippen molar-refractivity contribution in [2.75, 3.05) is 5.32 Å². The summed E-state index contributed by atoms with van der Waals surface area (Å²) in [5, 5.41) is 12.2.